The number of carboxylic acids is 1. The average Bonchev–Trinajstić information content (AvgIpc) is 2.31. The fourth-order valence-electron chi connectivity index (χ4n) is 2.13. The van der Waals surface area contributed by atoms with E-state index in [1.807, 2.05) is 38.1 Å². The quantitative estimate of drug-likeness (QED) is 0.793. The predicted molar refractivity (Wildman–Crippen MR) is 72.7 cm³/mol. The molecule has 2 aromatic carbocycles. The minimum absolute atomic E-state index is 0.152. The molecule has 18 heavy (non-hydrogen) atoms. The van der Waals surface area contributed by atoms with Gasteiger partial charge in [-0.3, -0.25) is 0 Å². The van der Waals surface area contributed by atoms with Crippen LogP contribution in [-0.4, -0.2) is 11.1 Å². The number of hydrogen-bond donors (Lipinski definition) is 2. The molecular weight excluding hydrogens is 226 g/mol. The average molecular weight is 241 g/mol. The van der Waals surface area contributed by atoms with E-state index in [9.17, 15) is 4.79 Å². The SMILES string of the molecule is Cc1ccccc1-c1c(C)ccc(C(=O)O)c1N. The van der Waals surface area contributed by atoms with Gasteiger partial charge in [-0.25, -0.2) is 4.79 Å². The maximum absolute atomic E-state index is 11.1. The van der Waals surface area contributed by atoms with Crippen molar-refractivity contribution >= 4 is 11.7 Å². The van der Waals surface area contributed by atoms with Crippen molar-refractivity contribution in [1.82, 2.24) is 0 Å². The third kappa shape index (κ3) is 1.95. The molecule has 0 aromatic heterocycles. The van der Waals surface area contributed by atoms with Crippen LogP contribution in [0.4, 0.5) is 5.69 Å². The maximum atomic E-state index is 11.1. The van der Waals surface area contributed by atoms with E-state index in [0.29, 0.717) is 5.69 Å². The monoisotopic (exact) mass is 241 g/mol. The number of carbonyl (C=O) groups is 1. The summed E-state index contributed by atoms with van der Waals surface area (Å²) in [5.74, 6) is -0.998. The van der Waals surface area contributed by atoms with Gasteiger partial charge in [0.05, 0.1) is 11.3 Å². The van der Waals surface area contributed by atoms with Crippen LogP contribution < -0.4 is 5.73 Å². The molecule has 0 aliphatic rings. The highest BCUT2D eigenvalue weighted by molar-refractivity contribution is 5.99. The van der Waals surface area contributed by atoms with E-state index in [4.69, 9.17) is 10.8 Å². The Morgan fingerprint density at radius 3 is 2.33 bits per heavy atom. The van der Waals surface area contributed by atoms with Crippen LogP contribution in [0.15, 0.2) is 36.4 Å². The van der Waals surface area contributed by atoms with E-state index < -0.39 is 5.97 Å². The molecule has 0 fully saturated rings. The first-order chi connectivity index (χ1) is 8.52. The van der Waals surface area contributed by atoms with Gasteiger partial charge in [-0.05, 0) is 36.6 Å². The Labute approximate surface area is 106 Å². The summed E-state index contributed by atoms with van der Waals surface area (Å²) in [6, 6.07) is 11.2. The number of nitrogen functional groups attached to an aromatic ring is 1. The van der Waals surface area contributed by atoms with E-state index >= 15 is 0 Å². The molecule has 0 saturated heterocycles. The van der Waals surface area contributed by atoms with Gasteiger partial charge in [-0.15, -0.1) is 0 Å². The van der Waals surface area contributed by atoms with Gasteiger partial charge >= 0.3 is 5.97 Å². The molecule has 3 N–H and O–H groups in total. The molecule has 2 aromatic rings. The van der Waals surface area contributed by atoms with Gasteiger partial charge < -0.3 is 10.8 Å². The Morgan fingerprint density at radius 2 is 1.72 bits per heavy atom. The summed E-state index contributed by atoms with van der Waals surface area (Å²) >= 11 is 0. The minimum Gasteiger partial charge on any atom is -0.478 e. The van der Waals surface area contributed by atoms with Crippen molar-refractivity contribution in [3.05, 3.63) is 53.1 Å². The second kappa shape index (κ2) is 4.53. The molecule has 3 heteroatoms. The maximum Gasteiger partial charge on any atom is 0.337 e. The highest BCUT2D eigenvalue weighted by Crippen LogP contribution is 2.33. The first-order valence-corrected chi connectivity index (χ1v) is 5.70. The number of carboxylic acid groups (broad SMARTS) is 1. The number of rotatable bonds is 2. The molecular formula is C15H15NO2. The molecule has 0 amide bonds. The fourth-order valence-corrected chi connectivity index (χ4v) is 2.13. The first-order valence-electron chi connectivity index (χ1n) is 5.70. The van der Waals surface area contributed by atoms with E-state index in [0.717, 1.165) is 22.3 Å². The molecule has 0 spiro atoms. The van der Waals surface area contributed by atoms with E-state index in [1.54, 1.807) is 12.1 Å². The summed E-state index contributed by atoms with van der Waals surface area (Å²) in [5.41, 5.74) is 10.3. The first kappa shape index (κ1) is 12.2. The lowest BCUT2D eigenvalue weighted by atomic mass is 9.93. The Balaban J connectivity index is 2.75. The molecule has 2 rings (SSSR count). The zero-order chi connectivity index (χ0) is 13.3. The van der Waals surface area contributed by atoms with Crippen molar-refractivity contribution in [2.45, 2.75) is 13.8 Å². The van der Waals surface area contributed by atoms with Gasteiger partial charge in [0.15, 0.2) is 0 Å². The van der Waals surface area contributed by atoms with Crippen LogP contribution in [0.25, 0.3) is 11.1 Å². The topological polar surface area (TPSA) is 63.3 Å². The fraction of sp³-hybridized carbons (Fsp3) is 0.133. The number of anilines is 1. The molecule has 0 bridgehead atoms. The zero-order valence-corrected chi connectivity index (χ0v) is 10.4. The van der Waals surface area contributed by atoms with Crippen LogP contribution in [0.2, 0.25) is 0 Å². The van der Waals surface area contributed by atoms with Crippen molar-refractivity contribution < 1.29 is 9.90 Å². The standard InChI is InChI=1S/C15H15NO2/c1-9-5-3-4-6-11(9)13-10(2)7-8-12(14(13)16)15(17)18/h3-8H,16H2,1-2H3,(H,17,18). The molecule has 92 valence electrons. The summed E-state index contributed by atoms with van der Waals surface area (Å²) in [6.45, 7) is 3.92. The second-order valence-corrected chi connectivity index (χ2v) is 4.34. The molecule has 0 atom stereocenters. The summed E-state index contributed by atoms with van der Waals surface area (Å²) < 4.78 is 0. The summed E-state index contributed by atoms with van der Waals surface area (Å²) in [7, 11) is 0. The number of aryl methyl sites for hydroxylation is 2. The van der Waals surface area contributed by atoms with Crippen molar-refractivity contribution in [2.24, 2.45) is 0 Å². The predicted octanol–water partition coefficient (Wildman–Crippen LogP) is 3.25. The van der Waals surface area contributed by atoms with E-state index in [2.05, 4.69) is 0 Å². The van der Waals surface area contributed by atoms with Crippen LogP contribution in [0.3, 0.4) is 0 Å². The number of aromatic carboxylic acids is 1. The lowest BCUT2D eigenvalue weighted by Gasteiger charge is -2.14. The van der Waals surface area contributed by atoms with E-state index in [-0.39, 0.29) is 5.56 Å². The molecule has 0 aliphatic carbocycles. The molecule has 0 heterocycles. The van der Waals surface area contributed by atoms with Gasteiger partial charge in [-0.2, -0.15) is 0 Å². The summed E-state index contributed by atoms with van der Waals surface area (Å²) in [5, 5.41) is 9.12. The molecule has 0 saturated carbocycles. The summed E-state index contributed by atoms with van der Waals surface area (Å²) in [4.78, 5) is 11.1. The zero-order valence-electron chi connectivity index (χ0n) is 10.4. The smallest absolute Gasteiger partial charge is 0.337 e. The van der Waals surface area contributed by atoms with Gasteiger partial charge in [0.25, 0.3) is 0 Å². The number of hydrogen-bond acceptors (Lipinski definition) is 2. The minimum atomic E-state index is -0.998. The van der Waals surface area contributed by atoms with Crippen LogP contribution in [0, 0.1) is 13.8 Å². The van der Waals surface area contributed by atoms with Gasteiger partial charge in [0, 0.05) is 5.56 Å². The van der Waals surface area contributed by atoms with Crippen LogP contribution in [-0.2, 0) is 0 Å². The lowest BCUT2D eigenvalue weighted by molar-refractivity contribution is 0.0698. The third-order valence-corrected chi connectivity index (χ3v) is 3.10. The Kier molecular flexibility index (Phi) is 3.06. The Bertz CT molecular complexity index is 618. The van der Waals surface area contributed by atoms with Crippen molar-refractivity contribution in [2.75, 3.05) is 5.73 Å². The van der Waals surface area contributed by atoms with E-state index in [1.165, 1.54) is 0 Å². The normalized spacial score (nSPS) is 10.3. The molecule has 0 unspecified atom stereocenters. The number of benzene rings is 2. The highest BCUT2D eigenvalue weighted by Gasteiger charge is 2.15. The molecule has 0 radical (unpaired) electrons. The number of nitrogens with two attached hydrogens (primary N) is 1. The Morgan fingerprint density at radius 1 is 1.06 bits per heavy atom. The third-order valence-electron chi connectivity index (χ3n) is 3.10. The second-order valence-electron chi connectivity index (χ2n) is 4.34. The molecule has 3 nitrogen and oxygen atoms in total. The van der Waals surface area contributed by atoms with Crippen molar-refractivity contribution in [3.8, 4) is 11.1 Å². The lowest BCUT2D eigenvalue weighted by Crippen LogP contribution is -2.05. The van der Waals surface area contributed by atoms with Gasteiger partial charge in [0.2, 0.25) is 0 Å². The van der Waals surface area contributed by atoms with Gasteiger partial charge in [0.1, 0.15) is 0 Å². The largest absolute Gasteiger partial charge is 0.478 e. The van der Waals surface area contributed by atoms with Crippen molar-refractivity contribution in [1.29, 1.82) is 0 Å². The van der Waals surface area contributed by atoms with Crippen LogP contribution in [0.5, 0.6) is 0 Å². The Hall–Kier alpha value is -2.29. The van der Waals surface area contributed by atoms with Crippen LogP contribution in [0.1, 0.15) is 21.5 Å². The van der Waals surface area contributed by atoms with Gasteiger partial charge in [-0.1, -0.05) is 30.3 Å². The molecule has 0 aliphatic heterocycles. The van der Waals surface area contributed by atoms with Crippen molar-refractivity contribution in [3.63, 3.8) is 0 Å². The highest BCUT2D eigenvalue weighted by atomic mass is 16.4. The van der Waals surface area contributed by atoms with Crippen LogP contribution >= 0.6 is 0 Å². The summed E-state index contributed by atoms with van der Waals surface area (Å²) in [6.07, 6.45) is 0.